The number of carbonyl (C=O) groups excluding carboxylic acids is 1. The molecule has 1 rings (SSSR count). The van der Waals surface area contributed by atoms with Crippen LogP contribution in [-0.4, -0.2) is 18.1 Å². The average Bonchev–Trinajstić information content (AvgIpc) is 2.26. The summed E-state index contributed by atoms with van der Waals surface area (Å²) < 4.78 is 5.41. The Morgan fingerprint density at radius 1 is 1.39 bits per heavy atom. The van der Waals surface area contributed by atoms with Crippen molar-refractivity contribution in [1.82, 2.24) is 5.32 Å². The van der Waals surface area contributed by atoms with Crippen LogP contribution in [0.25, 0.3) is 0 Å². The predicted molar refractivity (Wildman–Crippen MR) is 73.7 cm³/mol. The molecular formula is C14H20ClNO2. The van der Waals surface area contributed by atoms with Crippen LogP contribution in [0.2, 0.25) is 5.02 Å². The van der Waals surface area contributed by atoms with E-state index in [0.717, 1.165) is 5.56 Å². The number of amides is 1. The number of benzene rings is 1. The highest BCUT2D eigenvalue weighted by Crippen LogP contribution is 2.21. The van der Waals surface area contributed by atoms with E-state index >= 15 is 0 Å². The largest absolute Gasteiger partial charge is 0.366 e. The molecule has 0 spiro atoms. The SMILES string of the molecule is CC(NC(=O)COC(C)(C)C)c1ccccc1Cl. The van der Waals surface area contributed by atoms with Crippen LogP contribution in [0.3, 0.4) is 0 Å². The normalized spacial score (nSPS) is 13.2. The molecule has 0 saturated carbocycles. The van der Waals surface area contributed by atoms with E-state index in [0.29, 0.717) is 5.02 Å². The van der Waals surface area contributed by atoms with E-state index in [1.54, 1.807) is 0 Å². The van der Waals surface area contributed by atoms with Gasteiger partial charge in [-0.2, -0.15) is 0 Å². The molecule has 4 heteroatoms. The van der Waals surface area contributed by atoms with Gasteiger partial charge in [0.15, 0.2) is 0 Å². The first kappa shape index (κ1) is 15.0. The molecule has 1 amide bonds. The van der Waals surface area contributed by atoms with Gasteiger partial charge < -0.3 is 10.1 Å². The molecule has 1 unspecified atom stereocenters. The van der Waals surface area contributed by atoms with Crippen molar-refractivity contribution in [3.05, 3.63) is 34.9 Å². The number of ether oxygens (including phenoxy) is 1. The van der Waals surface area contributed by atoms with Gasteiger partial charge in [-0.25, -0.2) is 0 Å². The monoisotopic (exact) mass is 269 g/mol. The fourth-order valence-electron chi connectivity index (χ4n) is 1.47. The van der Waals surface area contributed by atoms with Crippen LogP contribution in [0.5, 0.6) is 0 Å². The highest BCUT2D eigenvalue weighted by Gasteiger charge is 2.15. The van der Waals surface area contributed by atoms with E-state index in [4.69, 9.17) is 16.3 Å². The standard InChI is InChI=1S/C14H20ClNO2/c1-10(11-7-5-6-8-12(11)15)16-13(17)9-18-14(2,3)4/h5-8,10H,9H2,1-4H3,(H,16,17). The average molecular weight is 270 g/mol. The molecule has 1 aromatic carbocycles. The first-order valence-electron chi connectivity index (χ1n) is 5.97. The van der Waals surface area contributed by atoms with Gasteiger partial charge in [0.2, 0.25) is 5.91 Å². The van der Waals surface area contributed by atoms with Gasteiger partial charge in [-0.1, -0.05) is 29.8 Å². The smallest absolute Gasteiger partial charge is 0.246 e. The Morgan fingerprint density at radius 3 is 2.56 bits per heavy atom. The maximum absolute atomic E-state index is 11.7. The van der Waals surface area contributed by atoms with Crippen LogP contribution in [0.4, 0.5) is 0 Å². The Labute approximate surface area is 113 Å². The van der Waals surface area contributed by atoms with Gasteiger partial charge >= 0.3 is 0 Å². The number of nitrogens with one attached hydrogen (secondary N) is 1. The molecule has 0 aliphatic heterocycles. The fraction of sp³-hybridized carbons (Fsp3) is 0.500. The lowest BCUT2D eigenvalue weighted by molar-refractivity contribution is -0.131. The lowest BCUT2D eigenvalue weighted by Gasteiger charge is -2.21. The van der Waals surface area contributed by atoms with Crippen molar-refractivity contribution in [1.29, 1.82) is 0 Å². The van der Waals surface area contributed by atoms with Gasteiger partial charge in [0.05, 0.1) is 11.6 Å². The van der Waals surface area contributed by atoms with E-state index in [9.17, 15) is 4.79 Å². The van der Waals surface area contributed by atoms with Crippen LogP contribution in [0.15, 0.2) is 24.3 Å². The number of carbonyl (C=O) groups is 1. The van der Waals surface area contributed by atoms with Crippen LogP contribution in [0.1, 0.15) is 39.3 Å². The van der Waals surface area contributed by atoms with Crippen LogP contribution < -0.4 is 5.32 Å². The summed E-state index contributed by atoms with van der Waals surface area (Å²) >= 11 is 6.07. The van der Waals surface area contributed by atoms with Gasteiger partial charge in [-0.05, 0) is 39.3 Å². The van der Waals surface area contributed by atoms with Crippen molar-refractivity contribution in [3.63, 3.8) is 0 Å². The van der Waals surface area contributed by atoms with Gasteiger partial charge in [0.1, 0.15) is 6.61 Å². The Balaban J connectivity index is 2.53. The first-order valence-corrected chi connectivity index (χ1v) is 6.35. The van der Waals surface area contributed by atoms with E-state index in [-0.39, 0.29) is 24.2 Å². The molecule has 0 aromatic heterocycles. The predicted octanol–water partition coefficient (Wildman–Crippen LogP) is 3.33. The van der Waals surface area contributed by atoms with E-state index < -0.39 is 0 Å². The van der Waals surface area contributed by atoms with Gasteiger partial charge in [0, 0.05) is 5.02 Å². The highest BCUT2D eigenvalue weighted by molar-refractivity contribution is 6.31. The third kappa shape index (κ3) is 5.07. The summed E-state index contributed by atoms with van der Waals surface area (Å²) in [6.45, 7) is 7.70. The molecule has 0 aliphatic rings. The van der Waals surface area contributed by atoms with E-state index in [1.165, 1.54) is 0 Å². The molecule has 0 aliphatic carbocycles. The number of hydrogen-bond acceptors (Lipinski definition) is 2. The minimum absolute atomic E-state index is 0.0539. The van der Waals surface area contributed by atoms with Crippen molar-refractivity contribution in [3.8, 4) is 0 Å². The summed E-state index contributed by atoms with van der Waals surface area (Å²) in [5, 5.41) is 3.52. The molecule has 100 valence electrons. The molecule has 1 aromatic rings. The van der Waals surface area contributed by atoms with Crippen LogP contribution >= 0.6 is 11.6 Å². The molecule has 0 saturated heterocycles. The summed E-state index contributed by atoms with van der Waals surface area (Å²) in [5.74, 6) is -0.141. The zero-order valence-electron chi connectivity index (χ0n) is 11.3. The van der Waals surface area contributed by atoms with Crippen molar-refractivity contribution in [2.75, 3.05) is 6.61 Å². The van der Waals surface area contributed by atoms with Crippen molar-refractivity contribution >= 4 is 17.5 Å². The number of rotatable bonds is 4. The second-order valence-electron chi connectivity index (χ2n) is 5.21. The molecule has 1 N–H and O–H groups in total. The summed E-state index contributed by atoms with van der Waals surface area (Å²) in [4.78, 5) is 11.7. The summed E-state index contributed by atoms with van der Waals surface area (Å²) in [7, 11) is 0. The second kappa shape index (κ2) is 6.21. The van der Waals surface area contributed by atoms with Gasteiger partial charge in [-0.15, -0.1) is 0 Å². The third-order valence-electron chi connectivity index (χ3n) is 2.39. The maximum Gasteiger partial charge on any atom is 0.246 e. The lowest BCUT2D eigenvalue weighted by atomic mass is 10.1. The second-order valence-corrected chi connectivity index (χ2v) is 5.62. The summed E-state index contributed by atoms with van der Waals surface area (Å²) in [6, 6.07) is 7.34. The van der Waals surface area contributed by atoms with E-state index in [1.807, 2.05) is 52.0 Å². The summed E-state index contributed by atoms with van der Waals surface area (Å²) in [5.41, 5.74) is 0.591. The minimum atomic E-state index is -0.315. The highest BCUT2D eigenvalue weighted by atomic mass is 35.5. The van der Waals surface area contributed by atoms with Crippen molar-refractivity contribution in [2.24, 2.45) is 0 Å². The Hall–Kier alpha value is -1.06. The van der Waals surface area contributed by atoms with Crippen LogP contribution in [-0.2, 0) is 9.53 Å². The zero-order chi connectivity index (χ0) is 13.8. The van der Waals surface area contributed by atoms with Crippen molar-refractivity contribution < 1.29 is 9.53 Å². The minimum Gasteiger partial charge on any atom is -0.366 e. The first-order chi connectivity index (χ1) is 8.29. The molecule has 3 nitrogen and oxygen atoms in total. The molecule has 0 heterocycles. The molecular weight excluding hydrogens is 250 g/mol. The Bertz CT molecular complexity index is 413. The molecule has 18 heavy (non-hydrogen) atoms. The summed E-state index contributed by atoms with van der Waals surface area (Å²) in [6.07, 6.45) is 0. The van der Waals surface area contributed by atoms with Crippen LogP contribution in [0, 0.1) is 0 Å². The number of halogens is 1. The molecule has 1 atom stereocenters. The zero-order valence-corrected chi connectivity index (χ0v) is 12.0. The Kier molecular flexibility index (Phi) is 5.17. The third-order valence-corrected chi connectivity index (χ3v) is 2.73. The fourth-order valence-corrected chi connectivity index (χ4v) is 1.77. The molecule has 0 bridgehead atoms. The van der Waals surface area contributed by atoms with Crippen molar-refractivity contribution in [2.45, 2.75) is 39.3 Å². The quantitative estimate of drug-likeness (QED) is 0.910. The van der Waals surface area contributed by atoms with Gasteiger partial charge in [-0.3, -0.25) is 4.79 Å². The Morgan fingerprint density at radius 2 is 2.00 bits per heavy atom. The van der Waals surface area contributed by atoms with Gasteiger partial charge in [0.25, 0.3) is 0 Å². The molecule has 0 radical (unpaired) electrons. The topological polar surface area (TPSA) is 38.3 Å². The number of hydrogen-bond donors (Lipinski definition) is 1. The molecule has 0 fully saturated rings. The van der Waals surface area contributed by atoms with E-state index in [2.05, 4.69) is 5.32 Å². The lowest BCUT2D eigenvalue weighted by Crippen LogP contribution is -2.33. The maximum atomic E-state index is 11.7.